The first-order valence-corrected chi connectivity index (χ1v) is 7.86. The maximum absolute atomic E-state index is 5.54. The summed E-state index contributed by atoms with van der Waals surface area (Å²) in [4.78, 5) is 0. The molecule has 0 bridgehead atoms. The van der Waals surface area contributed by atoms with E-state index in [0.717, 1.165) is 24.6 Å². The minimum absolute atomic E-state index is 0.552. The topological polar surface area (TPSA) is 25.2 Å². The maximum Gasteiger partial charge on any atom is 0.105 e. The second-order valence-electron chi connectivity index (χ2n) is 6.85. The lowest BCUT2D eigenvalue weighted by Crippen LogP contribution is -2.41. The van der Waals surface area contributed by atoms with Crippen molar-refractivity contribution in [2.24, 2.45) is 11.3 Å². The van der Waals surface area contributed by atoms with Gasteiger partial charge in [-0.3, -0.25) is 0 Å². The third-order valence-corrected chi connectivity index (χ3v) is 4.61. The largest absolute Gasteiger partial charge is 0.469 e. The van der Waals surface area contributed by atoms with Crippen LogP contribution in [0.4, 0.5) is 0 Å². The van der Waals surface area contributed by atoms with Crippen molar-refractivity contribution in [3.8, 4) is 0 Å². The van der Waals surface area contributed by atoms with E-state index in [4.69, 9.17) is 4.42 Å². The van der Waals surface area contributed by atoms with Crippen molar-refractivity contribution < 1.29 is 4.42 Å². The van der Waals surface area contributed by atoms with Gasteiger partial charge in [-0.15, -0.1) is 0 Å². The van der Waals surface area contributed by atoms with Crippen molar-refractivity contribution in [3.63, 3.8) is 0 Å². The van der Waals surface area contributed by atoms with Crippen LogP contribution in [0.5, 0.6) is 0 Å². The van der Waals surface area contributed by atoms with Crippen molar-refractivity contribution in [2.45, 2.75) is 65.3 Å². The Morgan fingerprint density at radius 2 is 2.11 bits per heavy atom. The van der Waals surface area contributed by atoms with Gasteiger partial charge in [-0.1, -0.05) is 20.8 Å². The second-order valence-corrected chi connectivity index (χ2v) is 6.85. The smallest absolute Gasteiger partial charge is 0.105 e. The Labute approximate surface area is 118 Å². The molecule has 0 amide bonds. The highest BCUT2D eigenvalue weighted by molar-refractivity contribution is 5.02. The number of nitrogens with one attached hydrogen (secondary N) is 1. The zero-order valence-corrected chi connectivity index (χ0v) is 12.7. The van der Waals surface area contributed by atoms with E-state index in [1.54, 1.807) is 6.26 Å². The molecule has 0 radical (unpaired) electrons. The molecule has 1 N–H and O–H groups in total. The molecule has 108 valence electrons. The summed E-state index contributed by atoms with van der Waals surface area (Å²) in [5.74, 6) is 1.93. The first kappa shape index (κ1) is 14.6. The molecular weight excluding hydrogens is 234 g/mol. The normalized spacial score (nSPS) is 21.4. The number of hydrogen-bond donors (Lipinski definition) is 1. The predicted molar refractivity (Wildman–Crippen MR) is 80.2 cm³/mol. The molecule has 2 rings (SSSR count). The lowest BCUT2D eigenvalue weighted by molar-refractivity contribution is 0.158. The summed E-state index contributed by atoms with van der Waals surface area (Å²) in [6, 6.07) is 4.69. The molecule has 0 spiro atoms. The zero-order valence-electron chi connectivity index (χ0n) is 12.7. The molecule has 0 aliphatic heterocycles. The molecule has 1 heterocycles. The van der Waals surface area contributed by atoms with Crippen molar-refractivity contribution >= 4 is 0 Å². The first-order chi connectivity index (χ1) is 9.11. The van der Waals surface area contributed by atoms with Crippen LogP contribution in [0, 0.1) is 11.3 Å². The van der Waals surface area contributed by atoms with Crippen LogP contribution in [-0.4, -0.2) is 12.6 Å². The Kier molecular flexibility index (Phi) is 5.09. The van der Waals surface area contributed by atoms with Gasteiger partial charge in [-0.05, 0) is 62.1 Å². The second kappa shape index (κ2) is 6.60. The minimum atomic E-state index is 0.552. The van der Waals surface area contributed by atoms with Gasteiger partial charge < -0.3 is 9.73 Å². The van der Waals surface area contributed by atoms with E-state index >= 15 is 0 Å². The Morgan fingerprint density at radius 1 is 1.37 bits per heavy atom. The van der Waals surface area contributed by atoms with E-state index in [1.807, 2.05) is 6.07 Å². The van der Waals surface area contributed by atoms with Crippen LogP contribution in [0.15, 0.2) is 22.8 Å². The molecule has 1 unspecified atom stereocenters. The Bertz CT molecular complexity index is 345. The predicted octanol–water partition coefficient (Wildman–Crippen LogP) is 4.41. The highest BCUT2D eigenvalue weighted by Gasteiger charge is 2.31. The highest BCUT2D eigenvalue weighted by Crippen LogP contribution is 2.39. The maximum atomic E-state index is 5.54. The van der Waals surface area contributed by atoms with Gasteiger partial charge in [0.2, 0.25) is 0 Å². The van der Waals surface area contributed by atoms with Crippen LogP contribution >= 0.6 is 0 Å². The molecule has 1 aliphatic carbocycles. The lowest BCUT2D eigenvalue weighted by atomic mass is 9.70. The fourth-order valence-electron chi connectivity index (χ4n) is 3.20. The van der Waals surface area contributed by atoms with Crippen LogP contribution in [0.3, 0.4) is 0 Å². The summed E-state index contributed by atoms with van der Waals surface area (Å²) >= 11 is 0. The van der Waals surface area contributed by atoms with Gasteiger partial charge >= 0.3 is 0 Å². The van der Waals surface area contributed by atoms with E-state index in [0.29, 0.717) is 11.5 Å². The Hall–Kier alpha value is -0.760. The van der Waals surface area contributed by atoms with Gasteiger partial charge in [0.1, 0.15) is 5.76 Å². The molecule has 1 saturated carbocycles. The van der Waals surface area contributed by atoms with Crippen molar-refractivity contribution in [3.05, 3.63) is 24.2 Å². The molecule has 0 aromatic carbocycles. The van der Waals surface area contributed by atoms with Gasteiger partial charge in [0.25, 0.3) is 0 Å². The molecule has 2 heteroatoms. The summed E-state index contributed by atoms with van der Waals surface area (Å²) in [6.07, 6.45) is 9.46. The van der Waals surface area contributed by atoms with Gasteiger partial charge in [-0.2, -0.15) is 0 Å². The molecular formula is C17H29NO. The lowest BCUT2D eigenvalue weighted by Gasteiger charge is -2.38. The molecule has 1 aromatic heterocycles. The molecule has 1 fully saturated rings. The van der Waals surface area contributed by atoms with Crippen LogP contribution < -0.4 is 5.32 Å². The minimum Gasteiger partial charge on any atom is -0.469 e. The summed E-state index contributed by atoms with van der Waals surface area (Å²) in [5, 5.41) is 3.74. The number of rotatable bonds is 6. The molecule has 2 nitrogen and oxygen atoms in total. The number of furan rings is 1. The summed E-state index contributed by atoms with van der Waals surface area (Å²) < 4.78 is 5.54. The summed E-state index contributed by atoms with van der Waals surface area (Å²) in [6.45, 7) is 8.17. The summed E-state index contributed by atoms with van der Waals surface area (Å²) in [7, 11) is 0. The molecule has 1 aromatic rings. The average molecular weight is 263 g/mol. The quantitative estimate of drug-likeness (QED) is 0.822. The zero-order chi connectivity index (χ0) is 13.7. The molecule has 0 saturated heterocycles. The third kappa shape index (κ3) is 4.38. The first-order valence-electron chi connectivity index (χ1n) is 7.86. The fraction of sp³-hybridized carbons (Fsp3) is 0.765. The average Bonchev–Trinajstić information content (AvgIpc) is 2.87. The van der Waals surface area contributed by atoms with E-state index in [-0.39, 0.29) is 0 Å². The SMILES string of the molecule is CCCNC(Cc1ccco1)C1CCC(C)(C)CC1. The van der Waals surface area contributed by atoms with E-state index in [9.17, 15) is 0 Å². The monoisotopic (exact) mass is 263 g/mol. The third-order valence-electron chi connectivity index (χ3n) is 4.61. The van der Waals surface area contributed by atoms with Crippen LogP contribution in [0.2, 0.25) is 0 Å². The van der Waals surface area contributed by atoms with E-state index in [1.165, 1.54) is 32.1 Å². The van der Waals surface area contributed by atoms with Crippen LogP contribution in [0.1, 0.15) is 58.6 Å². The fourth-order valence-corrected chi connectivity index (χ4v) is 3.20. The Balaban J connectivity index is 1.93. The summed E-state index contributed by atoms with van der Waals surface area (Å²) in [5.41, 5.74) is 0.552. The Morgan fingerprint density at radius 3 is 2.68 bits per heavy atom. The van der Waals surface area contributed by atoms with E-state index in [2.05, 4.69) is 32.2 Å². The standard InChI is InChI=1S/C17H29NO/c1-4-11-18-16(13-15-6-5-12-19-15)14-7-9-17(2,3)10-8-14/h5-6,12,14,16,18H,4,7-11,13H2,1-3H3. The van der Waals surface area contributed by atoms with Gasteiger partial charge in [0, 0.05) is 12.5 Å². The highest BCUT2D eigenvalue weighted by atomic mass is 16.3. The van der Waals surface area contributed by atoms with Crippen LogP contribution in [0.25, 0.3) is 0 Å². The molecule has 1 atom stereocenters. The van der Waals surface area contributed by atoms with Gasteiger partial charge in [0.05, 0.1) is 6.26 Å². The van der Waals surface area contributed by atoms with Crippen molar-refractivity contribution in [2.75, 3.05) is 6.54 Å². The van der Waals surface area contributed by atoms with Gasteiger partial charge in [-0.25, -0.2) is 0 Å². The number of hydrogen-bond acceptors (Lipinski definition) is 2. The van der Waals surface area contributed by atoms with E-state index < -0.39 is 0 Å². The van der Waals surface area contributed by atoms with Crippen molar-refractivity contribution in [1.29, 1.82) is 0 Å². The van der Waals surface area contributed by atoms with Gasteiger partial charge in [0.15, 0.2) is 0 Å². The molecule has 1 aliphatic rings. The van der Waals surface area contributed by atoms with Crippen molar-refractivity contribution in [1.82, 2.24) is 5.32 Å². The van der Waals surface area contributed by atoms with Crippen LogP contribution in [-0.2, 0) is 6.42 Å². The molecule has 19 heavy (non-hydrogen) atoms.